The largest absolute Gasteiger partial charge is 0.389 e. The van der Waals surface area contributed by atoms with Gasteiger partial charge in [-0.2, -0.15) is 0 Å². The van der Waals surface area contributed by atoms with Gasteiger partial charge in [0.2, 0.25) is 0 Å². The Hall–Kier alpha value is -0.710. The standard InChI is InChI=1S/C9H9ClF2O2/c10-4-8(13)9(14)6-3-5(11)1-2-7(6)12/h1-3,8-9,13-14H,4H2. The Morgan fingerprint density at radius 1 is 1.29 bits per heavy atom. The van der Waals surface area contributed by atoms with Gasteiger partial charge in [-0.05, 0) is 18.2 Å². The average molecular weight is 223 g/mol. The maximum absolute atomic E-state index is 13.0. The van der Waals surface area contributed by atoms with Gasteiger partial charge in [-0.1, -0.05) is 0 Å². The van der Waals surface area contributed by atoms with Crippen molar-refractivity contribution >= 4 is 11.6 Å². The molecule has 2 N–H and O–H groups in total. The van der Waals surface area contributed by atoms with E-state index in [2.05, 4.69) is 0 Å². The highest BCUT2D eigenvalue weighted by atomic mass is 35.5. The molecule has 0 aliphatic carbocycles. The van der Waals surface area contributed by atoms with Crippen LogP contribution < -0.4 is 0 Å². The smallest absolute Gasteiger partial charge is 0.129 e. The first-order valence-corrected chi connectivity index (χ1v) is 4.46. The molecule has 78 valence electrons. The van der Waals surface area contributed by atoms with E-state index in [9.17, 15) is 13.9 Å². The zero-order chi connectivity index (χ0) is 10.7. The molecule has 0 amide bonds. The van der Waals surface area contributed by atoms with E-state index in [1.54, 1.807) is 0 Å². The molecule has 1 aromatic rings. The van der Waals surface area contributed by atoms with E-state index in [4.69, 9.17) is 16.7 Å². The van der Waals surface area contributed by atoms with Crippen LogP contribution >= 0.6 is 11.6 Å². The summed E-state index contributed by atoms with van der Waals surface area (Å²) < 4.78 is 25.7. The first-order valence-electron chi connectivity index (χ1n) is 3.93. The van der Waals surface area contributed by atoms with E-state index < -0.39 is 23.8 Å². The second-order valence-electron chi connectivity index (χ2n) is 2.83. The summed E-state index contributed by atoms with van der Waals surface area (Å²) in [6.45, 7) is 0. The quantitative estimate of drug-likeness (QED) is 0.763. The van der Waals surface area contributed by atoms with E-state index in [0.717, 1.165) is 18.2 Å². The molecule has 0 saturated carbocycles. The number of benzene rings is 1. The maximum Gasteiger partial charge on any atom is 0.129 e. The summed E-state index contributed by atoms with van der Waals surface area (Å²) >= 11 is 5.26. The van der Waals surface area contributed by atoms with Gasteiger partial charge in [0.25, 0.3) is 0 Å². The third-order valence-corrected chi connectivity index (χ3v) is 2.12. The normalized spacial score (nSPS) is 15.2. The molecule has 0 heterocycles. The molecular formula is C9H9ClF2O2. The average Bonchev–Trinajstić information content (AvgIpc) is 2.19. The van der Waals surface area contributed by atoms with Gasteiger partial charge < -0.3 is 10.2 Å². The van der Waals surface area contributed by atoms with Crippen LogP contribution in [0.3, 0.4) is 0 Å². The van der Waals surface area contributed by atoms with Crippen molar-refractivity contribution in [2.75, 3.05) is 5.88 Å². The highest BCUT2D eigenvalue weighted by Gasteiger charge is 2.21. The van der Waals surface area contributed by atoms with Gasteiger partial charge in [-0.15, -0.1) is 11.6 Å². The van der Waals surface area contributed by atoms with Crippen LogP contribution in [0.5, 0.6) is 0 Å². The predicted octanol–water partition coefficient (Wildman–Crippen LogP) is 1.60. The lowest BCUT2D eigenvalue weighted by atomic mass is 10.0. The fraction of sp³-hybridized carbons (Fsp3) is 0.333. The highest BCUT2D eigenvalue weighted by Crippen LogP contribution is 2.21. The van der Waals surface area contributed by atoms with Gasteiger partial charge in [0.1, 0.15) is 17.7 Å². The van der Waals surface area contributed by atoms with Crippen molar-refractivity contribution in [1.82, 2.24) is 0 Å². The molecule has 0 aliphatic heterocycles. The van der Waals surface area contributed by atoms with Gasteiger partial charge >= 0.3 is 0 Å². The lowest BCUT2D eigenvalue weighted by Gasteiger charge is -2.16. The SMILES string of the molecule is OC(CCl)C(O)c1cc(F)ccc1F. The zero-order valence-electron chi connectivity index (χ0n) is 7.12. The van der Waals surface area contributed by atoms with E-state index in [1.165, 1.54) is 0 Å². The molecule has 0 aromatic heterocycles. The topological polar surface area (TPSA) is 40.5 Å². The number of alkyl halides is 1. The molecular weight excluding hydrogens is 214 g/mol. The number of aliphatic hydroxyl groups excluding tert-OH is 2. The van der Waals surface area contributed by atoms with Gasteiger partial charge in [0, 0.05) is 5.56 Å². The lowest BCUT2D eigenvalue weighted by molar-refractivity contribution is 0.0303. The minimum absolute atomic E-state index is 0.253. The van der Waals surface area contributed by atoms with Crippen molar-refractivity contribution < 1.29 is 19.0 Å². The van der Waals surface area contributed by atoms with Crippen molar-refractivity contribution in [3.8, 4) is 0 Å². The molecule has 2 atom stereocenters. The number of hydrogen-bond acceptors (Lipinski definition) is 2. The van der Waals surface area contributed by atoms with E-state index in [1.807, 2.05) is 0 Å². The zero-order valence-corrected chi connectivity index (χ0v) is 7.88. The lowest BCUT2D eigenvalue weighted by Crippen LogP contribution is -2.20. The molecule has 2 unspecified atom stereocenters. The van der Waals surface area contributed by atoms with Gasteiger partial charge in [0.15, 0.2) is 0 Å². The Morgan fingerprint density at radius 2 is 1.93 bits per heavy atom. The minimum Gasteiger partial charge on any atom is -0.389 e. The van der Waals surface area contributed by atoms with Crippen LogP contribution in [0.4, 0.5) is 8.78 Å². The molecule has 0 bridgehead atoms. The first-order chi connectivity index (χ1) is 6.56. The van der Waals surface area contributed by atoms with Crippen LogP contribution in [0.2, 0.25) is 0 Å². The summed E-state index contributed by atoms with van der Waals surface area (Å²) in [4.78, 5) is 0. The van der Waals surface area contributed by atoms with Gasteiger partial charge in [-0.3, -0.25) is 0 Å². The van der Waals surface area contributed by atoms with Crippen LogP contribution in [0.1, 0.15) is 11.7 Å². The molecule has 1 aromatic carbocycles. The van der Waals surface area contributed by atoms with Crippen molar-refractivity contribution in [2.24, 2.45) is 0 Å². The van der Waals surface area contributed by atoms with Crippen molar-refractivity contribution in [2.45, 2.75) is 12.2 Å². The Balaban J connectivity index is 2.99. The van der Waals surface area contributed by atoms with Crippen molar-refractivity contribution in [1.29, 1.82) is 0 Å². The Morgan fingerprint density at radius 3 is 2.50 bits per heavy atom. The fourth-order valence-electron chi connectivity index (χ4n) is 1.03. The Labute approximate surface area is 84.7 Å². The van der Waals surface area contributed by atoms with Crippen LogP contribution in [-0.2, 0) is 0 Å². The van der Waals surface area contributed by atoms with Crippen molar-refractivity contribution in [3.05, 3.63) is 35.4 Å². The third kappa shape index (κ3) is 2.41. The van der Waals surface area contributed by atoms with E-state index in [0.29, 0.717) is 0 Å². The Bertz CT molecular complexity index is 320. The predicted molar refractivity (Wildman–Crippen MR) is 48.0 cm³/mol. The summed E-state index contributed by atoms with van der Waals surface area (Å²) in [6, 6.07) is 2.64. The molecule has 0 saturated heterocycles. The summed E-state index contributed by atoms with van der Waals surface area (Å²) in [5.41, 5.74) is -0.293. The van der Waals surface area contributed by atoms with Gasteiger partial charge in [-0.25, -0.2) is 8.78 Å². The second kappa shape index (κ2) is 4.68. The molecule has 5 heteroatoms. The monoisotopic (exact) mass is 222 g/mol. The maximum atomic E-state index is 13.0. The van der Waals surface area contributed by atoms with Crippen molar-refractivity contribution in [3.63, 3.8) is 0 Å². The van der Waals surface area contributed by atoms with Gasteiger partial charge in [0.05, 0.1) is 12.0 Å². The second-order valence-corrected chi connectivity index (χ2v) is 3.14. The number of halogens is 3. The first kappa shape index (κ1) is 11.4. The molecule has 14 heavy (non-hydrogen) atoms. The molecule has 0 spiro atoms. The van der Waals surface area contributed by atoms with E-state index in [-0.39, 0.29) is 11.4 Å². The highest BCUT2D eigenvalue weighted by molar-refractivity contribution is 6.18. The summed E-state index contributed by atoms with van der Waals surface area (Å²) in [5.74, 6) is -1.71. The molecule has 2 nitrogen and oxygen atoms in total. The summed E-state index contributed by atoms with van der Waals surface area (Å²) in [7, 11) is 0. The minimum atomic E-state index is -1.51. The number of aliphatic hydroxyl groups is 2. The number of hydrogen-bond donors (Lipinski definition) is 2. The Kier molecular flexibility index (Phi) is 3.80. The summed E-state index contributed by atoms with van der Waals surface area (Å²) in [6.07, 6.45) is -2.82. The molecule has 0 aliphatic rings. The molecule has 1 rings (SSSR count). The number of rotatable bonds is 3. The fourth-order valence-corrected chi connectivity index (χ4v) is 1.20. The van der Waals surface area contributed by atoms with Crippen LogP contribution in [0, 0.1) is 11.6 Å². The van der Waals surface area contributed by atoms with Crippen LogP contribution in [0.15, 0.2) is 18.2 Å². The summed E-state index contributed by atoms with van der Waals surface area (Å²) in [5, 5.41) is 18.5. The molecule has 0 radical (unpaired) electrons. The molecule has 0 fully saturated rings. The van der Waals surface area contributed by atoms with E-state index >= 15 is 0 Å². The van der Waals surface area contributed by atoms with Crippen LogP contribution in [-0.4, -0.2) is 22.2 Å². The van der Waals surface area contributed by atoms with Crippen LogP contribution in [0.25, 0.3) is 0 Å². The third-order valence-electron chi connectivity index (χ3n) is 1.80.